The molecule has 0 aliphatic heterocycles. The van der Waals surface area contributed by atoms with E-state index in [1.807, 2.05) is 0 Å². The maximum absolute atomic E-state index is 11.7. The highest BCUT2D eigenvalue weighted by molar-refractivity contribution is 9.08. The zero-order valence-corrected chi connectivity index (χ0v) is 11.8. The van der Waals surface area contributed by atoms with Crippen LogP contribution in [0.4, 0.5) is 5.69 Å². The number of nitro benzene ring substituents is 1. The summed E-state index contributed by atoms with van der Waals surface area (Å²) in [6.45, 7) is 3.08. The molecule has 0 spiro atoms. The summed E-state index contributed by atoms with van der Waals surface area (Å²) >= 11 is 3.13. The van der Waals surface area contributed by atoms with E-state index >= 15 is 0 Å². The molecule has 94 valence electrons. The van der Waals surface area contributed by atoms with Crippen LogP contribution in [0.15, 0.2) is 17.0 Å². The lowest BCUT2D eigenvalue weighted by molar-refractivity contribution is -0.386. The van der Waals surface area contributed by atoms with Gasteiger partial charge in [-0.05, 0) is 19.1 Å². The number of benzene rings is 1. The number of halogens is 1. The van der Waals surface area contributed by atoms with Gasteiger partial charge in [0.25, 0.3) is 5.69 Å². The van der Waals surface area contributed by atoms with Crippen LogP contribution in [0.3, 0.4) is 0 Å². The molecule has 1 rings (SSSR count). The second-order valence-electron chi connectivity index (χ2n) is 3.54. The Morgan fingerprint density at radius 3 is 2.41 bits per heavy atom. The largest absolute Gasteiger partial charge is 0.276 e. The van der Waals surface area contributed by atoms with Crippen molar-refractivity contribution >= 4 is 31.5 Å². The molecule has 0 fully saturated rings. The van der Waals surface area contributed by atoms with Gasteiger partial charge in [-0.3, -0.25) is 10.1 Å². The van der Waals surface area contributed by atoms with E-state index in [1.165, 1.54) is 12.1 Å². The van der Waals surface area contributed by atoms with Crippen LogP contribution in [0.25, 0.3) is 0 Å². The van der Waals surface area contributed by atoms with Gasteiger partial charge in [-0.25, -0.2) is 8.42 Å². The van der Waals surface area contributed by atoms with Crippen LogP contribution in [0, 0.1) is 17.0 Å². The Bertz CT molecular complexity index is 554. The number of hydrogen-bond acceptors (Lipinski definition) is 4. The Morgan fingerprint density at radius 1 is 1.41 bits per heavy atom. The number of nitrogens with zero attached hydrogens (tertiary/aromatic N) is 1. The molecule has 0 unspecified atom stereocenters. The summed E-state index contributed by atoms with van der Waals surface area (Å²) in [7, 11) is -3.34. The predicted octanol–water partition coefficient (Wildman–Crippen LogP) is 2.59. The highest BCUT2D eigenvalue weighted by Crippen LogP contribution is 2.29. The second-order valence-corrected chi connectivity index (χ2v) is 6.38. The molecular weight excluding hydrogens is 310 g/mol. The van der Waals surface area contributed by atoms with E-state index in [0.29, 0.717) is 11.1 Å². The molecule has 0 saturated carbocycles. The highest BCUT2D eigenvalue weighted by Gasteiger charge is 2.21. The number of hydrogen-bond donors (Lipinski definition) is 0. The smallest absolute Gasteiger partial charge is 0.258 e. The molecule has 0 saturated heterocycles. The average molecular weight is 322 g/mol. The van der Waals surface area contributed by atoms with E-state index in [2.05, 4.69) is 15.9 Å². The van der Waals surface area contributed by atoms with Crippen LogP contribution in [-0.2, 0) is 15.2 Å². The van der Waals surface area contributed by atoms with Crippen LogP contribution in [-0.4, -0.2) is 19.1 Å². The predicted molar refractivity (Wildman–Crippen MR) is 68.2 cm³/mol. The molecule has 1 aromatic rings. The van der Waals surface area contributed by atoms with Gasteiger partial charge in [0, 0.05) is 16.5 Å². The van der Waals surface area contributed by atoms with Crippen molar-refractivity contribution in [2.75, 3.05) is 5.75 Å². The van der Waals surface area contributed by atoms with E-state index in [4.69, 9.17) is 0 Å². The van der Waals surface area contributed by atoms with Gasteiger partial charge in [0.1, 0.15) is 0 Å². The maximum Gasteiger partial charge on any atom is 0.276 e. The molecule has 0 N–H and O–H groups in total. The normalized spacial score (nSPS) is 11.5. The monoisotopic (exact) mass is 321 g/mol. The van der Waals surface area contributed by atoms with Crippen molar-refractivity contribution in [1.29, 1.82) is 0 Å². The van der Waals surface area contributed by atoms with Gasteiger partial charge in [0.2, 0.25) is 0 Å². The van der Waals surface area contributed by atoms with Crippen LogP contribution in [0.2, 0.25) is 0 Å². The number of rotatable bonds is 4. The van der Waals surface area contributed by atoms with Crippen molar-refractivity contribution in [3.63, 3.8) is 0 Å². The summed E-state index contributed by atoms with van der Waals surface area (Å²) in [6, 6.07) is 2.71. The Morgan fingerprint density at radius 2 is 2.00 bits per heavy atom. The van der Waals surface area contributed by atoms with E-state index in [-0.39, 0.29) is 21.7 Å². The summed E-state index contributed by atoms with van der Waals surface area (Å²) < 4.78 is 23.4. The highest BCUT2D eigenvalue weighted by atomic mass is 79.9. The molecule has 0 aliphatic rings. The van der Waals surface area contributed by atoms with E-state index < -0.39 is 14.8 Å². The lowest BCUT2D eigenvalue weighted by Gasteiger charge is -2.07. The zero-order valence-electron chi connectivity index (χ0n) is 9.44. The summed E-state index contributed by atoms with van der Waals surface area (Å²) in [6.07, 6.45) is 0. The molecule has 0 radical (unpaired) electrons. The molecule has 0 aromatic heterocycles. The van der Waals surface area contributed by atoms with Crippen LogP contribution in [0.5, 0.6) is 0 Å². The third-order valence-electron chi connectivity index (χ3n) is 2.42. The van der Waals surface area contributed by atoms with Gasteiger partial charge in [-0.15, -0.1) is 0 Å². The Labute approximate surface area is 108 Å². The number of sulfone groups is 1. The third kappa shape index (κ3) is 2.84. The van der Waals surface area contributed by atoms with E-state index in [0.717, 1.165) is 0 Å². The lowest BCUT2D eigenvalue weighted by atomic mass is 10.1. The minimum atomic E-state index is -3.34. The van der Waals surface area contributed by atoms with Crippen molar-refractivity contribution in [2.24, 2.45) is 0 Å². The molecule has 0 heterocycles. The standard InChI is InChI=1S/C10H12BrNO4S/c1-3-17(15,16)9-4-7(2)10(12(13)14)8(5-9)6-11/h4-5H,3,6H2,1-2H3. The minimum Gasteiger partial charge on any atom is -0.258 e. The van der Waals surface area contributed by atoms with Crippen molar-refractivity contribution in [3.05, 3.63) is 33.4 Å². The van der Waals surface area contributed by atoms with E-state index in [9.17, 15) is 18.5 Å². The molecule has 0 aliphatic carbocycles. The maximum atomic E-state index is 11.7. The molecule has 0 atom stereocenters. The average Bonchev–Trinajstić information content (AvgIpc) is 2.27. The SMILES string of the molecule is CCS(=O)(=O)c1cc(C)c([N+](=O)[O-])c(CBr)c1. The quantitative estimate of drug-likeness (QED) is 0.485. The van der Waals surface area contributed by atoms with Crippen molar-refractivity contribution in [1.82, 2.24) is 0 Å². The van der Waals surface area contributed by atoms with Crippen LogP contribution >= 0.6 is 15.9 Å². The summed E-state index contributed by atoms with van der Waals surface area (Å²) in [4.78, 5) is 10.5. The molecule has 7 heteroatoms. The van der Waals surface area contributed by atoms with Crippen molar-refractivity contribution in [3.8, 4) is 0 Å². The molecule has 1 aromatic carbocycles. The zero-order chi connectivity index (χ0) is 13.2. The molecule has 17 heavy (non-hydrogen) atoms. The van der Waals surface area contributed by atoms with Gasteiger partial charge >= 0.3 is 0 Å². The molecule has 5 nitrogen and oxygen atoms in total. The number of aryl methyl sites for hydroxylation is 1. The lowest BCUT2D eigenvalue weighted by Crippen LogP contribution is -2.06. The minimum absolute atomic E-state index is 0.0218. The first-order chi connectivity index (χ1) is 7.83. The van der Waals surface area contributed by atoms with Crippen molar-refractivity contribution < 1.29 is 13.3 Å². The fourth-order valence-electron chi connectivity index (χ4n) is 1.53. The Balaban J connectivity index is 3.53. The first-order valence-electron chi connectivity index (χ1n) is 4.90. The van der Waals surface area contributed by atoms with Gasteiger partial charge in [0.15, 0.2) is 9.84 Å². The van der Waals surface area contributed by atoms with E-state index in [1.54, 1.807) is 13.8 Å². The fraction of sp³-hybridized carbons (Fsp3) is 0.400. The summed E-state index contributed by atoms with van der Waals surface area (Å²) in [5.74, 6) is -0.0218. The van der Waals surface area contributed by atoms with Crippen molar-refractivity contribution in [2.45, 2.75) is 24.1 Å². The van der Waals surface area contributed by atoms with Crippen LogP contribution < -0.4 is 0 Å². The summed E-state index contributed by atoms with van der Waals surface area (Å²) in [5, 5.41) is 11.1. The summed E-state index contributed by atoms with van der Waals surface area (Å²) in [5.41, 5.74) is 0.706. The fourth-order valence-corrected chi connectivity index (χ4v) is 2.97. The Hall–Kier alpha value is -0.950. The molecule has 0 amide bonds. The first-order valence-corrected chi connectivity index (χ1v) is 7.67. The Kier molecular flexibility index (Phi) is 4.26. The van der Waals surface area contributed by atoms with Gasteiger partial charge in [-0.1, -0.05) is 22.9 Å². The first kappa shape index (κ1) is 14.1. The number of alkyl halides is 1. The van der Waals surface area contributed by atoms with Gasteiger partial charge < -0.3 is 0 Å². The molecule has 0 bridgehead atoms. The topological polar surface area (TPSA) is 77.3 Å². The van der Waals surface area contributed by atoms with Gasteiger partial charge in [0.05, 0.1) is 15.6 Å². The third-order valence-corrected chi connectivity index (χ3v) is 4.74. The molecular formula is C10H12BrNO4S. The second kappa shape index (κ2) is 5.14. The number of nitro groups is 1. The van der Waals surface area contributed by atoms with Gasteiger partial charge in [-0.2, -0.15) is 0 Å². The van der Waals surface area contributed by atoms with Crippen LogP contribution in [0.1, 0.15) is 18.1 Å².